The third-order valence-electron chi connectivity index (χ3n) is 6.46. The summed E-state index contributed by atoms with van der Waals surface area (Å²) in [6.07, 6.45) is 5.61. The van der Waals surface area contributed by atoms with Gasteiger partial charge in [0.1, 0.15) is 11.4 Å². The molecule has 2 heterocycles. The summed E-state index contributed by atoms with van der Waals surface area (Å²) in [5.74, 6) is 0.0406. The quantitative estimate of drug-likeness (QED) is 0.309. The SMILES string of the molecule is CC(=O)NC1(c2noc(-c3ccc4c(=O)n(-c5ccccc5F)c(=S)[nH]c4c3)n2)CCCCCC1. The van der Waals surface area contributed by atoms with E-state index in [1.165, 1.54) is 19.1 Å². The van der Waals surface area contributed by atoms with Gasteiger partial charge in [0.15, 0.2) is 10.6 Å². The maximum Gasteiger partial charge on any atom is 0.266 e. The van der Waals surface area contributed by atoms with E-state index >= 15 is 0 Å². The molecule has 8 nitrogen and oxygen atoms in total. The molecule has 180 valence electrons. The summed E-state index contributed by atoms with van der Waals surface area (Å²) in [7, 11) is 0. The van der Waals surface area contributed by atoms with E-state index in [9.17, 15) is 14.0 Å². The highest BCUT2D eigenvalue weighted by atomic mass is 32.1. The molecule has 0 radical (unpaired) electrons. The molecule has 35 heavy (non-hydrogen) atoms. The van der Waals surface area contributed by atoms with Crippen LogP contribution in [-0.4, -0.2) is 25.6 Å². The lowest BCUT2D eigenvalue weighted by Crippen LogP contribution is -2.45. The molecule has 1 saturated carbocycles. The molecule has 5 rings (SSSR count). The first-order valence-electron chi connectivity index (χ1n) is 11.6. The lowest BCUT2D eigenvalue weighted by atomic mass is 9.89. The number of carbonyl (C=O) groups excluding carboxylic acids is 1. The van der Waals surface area contributed by atoms with Gasteiger partial charge in [0.2, 0.25) is 5.91 Å². The van der Waals surface area contributed by atoms with Gasteiger partial charge in [0.05, 0.1) is 16.6 Å². The summed E-state index contributed by atoms with van der Waals surface area (Å²) in [6.45, 7) is 1.49. The molecule has 0 saturated heterocycles. The zero-order valence-corrected chi connectivity index (χ0v) is 20.0. The van der Waals surface area contributed by atoms with Gasteiger partial charge in [-0.25, -0.2) is 8.96 Å². The number of hydrogen-bond donors (Lipinski definition) is 2. The first kappa shape index (κ1) is 23.1. The second-order valence-corrected chi connectivity index (χ2v) is 9.27. The topological polar surface area (TPSA) is 106 Å². The van der Waals surface area contributed by atoms with Gasteiger partial charge >= 0.3 is 0 Å². The van der Waals surface area contributed by atoms with Crippen molar-refractivity contribution < 1.29 is 13.7 Å². The zero-order chi connectivity index (χ0) is 24.6. The fourth-order valence-electron chi connectivity index (χ4n) is 4.81. The van der Waals surface area contributed by atoms with E-state index in [1.807, 2.05) is 0 Å². The molecule has 10 heteroatoms. The second-order valence-electron chi connectivity index (χ2n) is 8.88. The Labute approximate surface area is 205 Å². The summed E-state index contributed by atoms with van der Waals surface area (Å²) >= 11 is 5.37. The van der Waals surface area contributed by atoms with E-state index < -0.39 is 16.9 Å². The van der Waals surface area contributed by atoms with E-state index in [0.717, 1.165) is 43.1 Å². The number of para-hydroxylation sites is 1. The van der Waals surface area contributed by atoms with Crippen LogP contribution in [0.15, 0.2) is 51.8 Å². The Balaban J connectivity index is 1.56. The van der Waals surface area contributed by atoms with E-state index in [4.69, 9.17) is 16.7 Å². The number of rotatable bonds is 4. The molecule has 0 unspecified atom stereocenters. The fourth-order valence-corrected chi connectivity index (χ4v) is 5.10. The van der Waals surface area contributed by atoms with Gasteiger partial charge in [-0.3, -0.25) is 9.59 Å². The Morgan fingerprint density at radius 2 is 1.91 bits per heavy atom. The van der Waals surface area contributed by atoms with Crippen LogP contribution in [0.2, 0.25) is 0 Å². The number of fused-ring (bicyclic) bond motifs is 1. The summed E-state index contributed by atoms with van der Waals surface area (Å²) in [4.78, 5) is 32.8. The second kappa shape index (κ2) is 9.18. The lowest BCUT2D eigenvalue weighted by molar-refractivity contribution is -0.121. The molecule has 0 aliphatic heterocycles. The maximum atomic E-state index is 14.3. The summed E-state index contributed by atoms with van der Waals surface area (Å²) in [6, 6.07) is 11.0. The molecule has 0 bridgehead atoms. The Bertz CT molecular complexity index is 1530. The van der Waals surface area contributed by atoms with Gasteiger partial charge < -0.3 is 14.8 Å². The molecule has 4 aromatic rings. The Morgan fingerprint density at radius 3 is 2.63 bits per heavy atom. The molecular weight excluding hydrogens is 469 g/mol. The van der Waals surface area contributed by atoms with Crippen LogP contribution >= 0.6 is 12.2 Å². The number of benzene rings is 2. The fraction of sp³-hybridized carbons (Fsp3) is 0.320. The third kappa shape index (κ3) is 4.29. The van der Waals surface area contributed by atoms with Gasteiger partial charge in [-0.1, -0.05) is 43.0 Å². The van der Waals surface area contributed by atoms with Crippen molar-refractivity contribution in [3.8, 4) is 17.1 Å². The number of hydrogen-bond acceptors (Lipinski definition) is 6. The number of amides is 1. The van der Waals surface area contributed by atoms with Crippen LogP contribution in [0.3, 0.4) is 0 Å². The molecule has 1 amide bonds. The number of carbonyl (C=O) groups is 1. The standard InChI is InChI=1S/C25H24FN5O3S/c1-15(32)29-25(12-6-2-3-7-13-25)23-28-21(34-30-23)16-10-11-17-19(14-16)27-24(35)31(22(17)33)20-9-5-4-8-18(20)26/h4-5,8-11,14H,2-3,6-7,12-13H2,1H3,(H,27,35)(H,29,32). The first-order chi connectivity index (χ1) is 16.9. The van der Waals surface area contributed by atoms with Crippen LogP contribution in [-0.2, 0) is 10.3 Å². The number of nitrogens with zero attached hydrogens (tertiary/aromatic N) is 3. The van der Waals surface area contributed by atoms with Crippen molar-refractivity contribution in [1.29, 1.82) is 0 Å². The first-order valence-corrected chi connectivity index (χ1v) is 12.0. The number of nitrogens with one attached hydrogen (secondary N) is 2. The minimum absolute atomic E-state index is 0.0686. The number of halogens is 1. The molecule has 0 spiro atoms. The summed E-state index contributed by atoms with van der Waals surface area (Å²) in [5, 5.41) is 7.63. The number of aromatic amines is 1. The molecule has 1 aliphatic rings. The summed E-state index contributed by atoms with van der Waals surface area (Å²) in [5.41, 5.74) is 0.0500. The largest absolute Gasteiger partial charge is 0.343 e. The molecule has 2 N–H and O–H groups in total. The van der Waals surface area contributed by atoms with Crippen LogP contribution in [0.1, 0.15) is 51.3 Å². The molecule has 2 aromatic carbocycles. The molecule has 0 atom stereocenters. The highest BCUT2D eigenvalue weighted by Crippen LogP contribution is 2.35. The van der Waals surface area contributed by atoms with Crippen LogP contribution in [0.25, 0.3) is 28.0 Å². The highest BCUT2D eigenvalue weighted by Gasteiger charge is 2.38. The van der Waals surface area contributed by atoms with Gasteiger partial charge in [0, 0.05) is 12.5 Å². The average Bonchev–Trinajstić information content (AvgIpc) is 3.21. The molecular formula is C25H24FN5O3S. The van der Waals surface area contributed by atoms with Crippen LogP contribution in [0.5, 0.6) is 0 Å². The molecule has 1 aliphatic carbocycles. The Morgan fingerprint density at radius 1 is 1.17 bits per heavy atom. The van der Waals surface area contributed by atoms with Crippen molar-refractivity contribution in [2.24, 2.45) is 0 Å². The van der Waals surface area contributed by atoms with Crippen molar-refractivity contribution in [3.63, 3.8) is 0 Å². The van der Waals surface area contributed by atoms with Crippen LogP contribution < -0.4 is 10.9 Å². The van der Waals surface area contributed by atoms with Crippen molar-refractivity contribution >= 4 is 29.0 Å². The molecule has 1 fully saturated rings. The van der Waals surface area contributed by atoms with Gasteiger partial charge in [-0.15, -0.1) is 0 Å². The van der Waals surface area contributed by atoms with Gasteiger partial charge in [-0.2, -0.15) is 4.98 Å². The van der Waals surface area contributed by atoms with Crippen LogP contribution in [0, 0.1) is 10.6 Å². The highest BCUT2D eigenvalue weighted by molar-refractivity contribution is 7.71. The van der Waals surface area contributed by atoms with E-state index in [1.54, 1.807) is 30.3 Å². The van der Waals surface area contributed by atoms with Crippen molar-refractivity contribution in [2.75, 3.05) is 0 Å². The lowest BCUT2D eigenvalue weighted by Gasteiger charge is -2.30. The Hall–Kier alpha value is -3.66. The molecule has 2 aromatic heterocycles. The van der Waals surface area contributed by atoms with E-state index in [-0.39, 0.29) is 22.3 Å². The zero-order valence-electron chi connectivity index (χ0n) is 19.1. The van der Waals surface area contributed by atoms with Crippen molar-refractivity contribution in [1.82, 2.24) is 25.0 Å². The minimum Gasteiger partial charge on any atom is -0.343 e. The van der Waals surface area contributed by atoms with Gasteiger partial charge in [-0.05, 0) is 55.4 Å². The number of H-pyrrole nitrogens is 1. The van der Waals surface area contributed by atoms with Crippen LogP contribution in [0.4, 0.5) is 4.39 Å². The number of aromatic nitrogens is 4. The monoisotopic (exact) mass is 493 g/mol. The third-order valence-corrected chi connectivity index (χ3v) is 6.75. The smallest absolute Gasteiger partial charge is 0.266 e. The predicted octanol–water partition coefficient (Wildman–Crippen LogP) is 4.92. The van der Waals surface area contributed by atoms with Gasteiger partial charge in [0.25, 0.3) is 11.4 Å². The van der Waals surface area contributed by atoms with Crippen molar-refractivity contribution in [3.05, 3.63) is 69.2 Å². The minimum atomic E-state index is -0.658. The van der Waals surface area contributed by atoms with Crippen molar-refractivity contribution in [2.45, 2.75) is 51.0 Å². The Kier molecular flexibility index (Phi) is 6.06. The predicted molar refractivity (Wildman–Crippen MR) is 131 cm³/mol. The average molecular weight is 494 g/mol. The maximum absolute atomic E-state index is 14.3. The van der Waals surface area contributed by atoms with E-state index in [2.05, 4.69) is 20.4 Å². The van der Waals surface area contributed by atoms with E-state index in [0.29, 0.717) is 22.3 Å². The normalized spacial score (nSPS) is 15.6. The summed E-state index contributed by atoms with van der Waals surface area (Å²) < 4.78 is 21.1.